The molecule has 6 rings (SSSR count). The number of rotatable bonds is 5. The van der Waals surface area contributed by atoms with Crippen LogP contribution in [0.2, 0.25) is 0 Å². The Morgan fingerprint density at radius 2 is 1.54 bits per heavy atom. The molecule has 2 fully saturated rings. The van der Waals surface area contributed by atoms with Gasteiger partial charge in [-0.05, 0) is 61.6 Å². The highest BCUT2D eigenvalue weighted by atomic mass is 32.1. The van der Waals surface area contributed by atoms with E-state index in [0.29, 0.717) is 11.1 Å². The number of anilines is 2. The van der Waals surface area contributed by atoms with Crippen LogP contribution in [0.5, 0.6) is 0 Å². The molecule has 2 aliphatic heterocycles. The lowest BCUT2D eigenvalue weighted by Gasteiger charge is -2.32. The van der Waals surface area contributed by atoms with Crippen molar-refractivity contribution >= 4 is 44.7 Å². The summed E-state index contributed by atoms with van der Waals surface area (Å²) < 4.78 is 6.37. The minimum atomic E-state index is -0.155. The molecule has 0 aliphatic carbocycles. The van der Waals surface area contributed by atoms with Crippen molar-refractivity contribution in [2.75, 3.05) is 69.7 Å². The number of carbonyl (C=O) groups is 2. The zero-order valence-corrected chi connectivity index (χ0v) is 22.7. The number of nitrogens with zero attached hydrogens (tertiary/aromatic N) is 4. The summed E-state index contributed by atoms with van der Waals surface area (Å²) in [5, 5.41) is 3.86. The van der Waals surface area contributed by atoms with Crippen molar-refractivity contribution in [3.8, 4) is 10.6 Å². The Balaban J connectivity index is 1.12. The third kappa shape index (κ3) is 5.66. The van der Waals surface area contributed by atoms with Crippen LogP contribution in [0.3, 0.4) is 0 Å². The lowest BCUT2D eigenvalue weighted by molar-refractivity contribution is 0.0664. The third-order valence-corrected chi connectivity index (χ3v) is 8.39. The number of aromatic nitrogens is 1. The van der Waals surface area contributed by atoms with E-state index in [0.717, 1.165) is 84.6 Å². The number of likely N-dealkylation sites (N-methyl/N-ethyl adjacent to an activating group) is 1. The molecule has 9 heteroatoms. The number of morpholine rings is 1. The van der Waals surface area contributed by atoms with Gasteiger partial charge in [-0.15, -0.1) is 11.3 Å². The van der Waals surface area contributed by atoms with E-state index in [9.17, 15) is 9.59 Å². The second-order valence-corrected chi connectivity index (χ2v) is 11.0. The molecule has 0 radical (unpaired) electrons. The molecule has 3 aromatic carbocycles. The first-order chi connectivity index (χ1) is 19.0. The van der Waals surface area contributed by atoms with Crippen molar-refractivity contribution in [2.24, 2.45) is 0 Å². The highest BCUT2D eigenvalue weighted by molar-refractivity contribution is 7.21. The predicted octanol–water partition coefficient (Wildman–Crippen LogP) is 4.44. The van der Waals surface area contributed by atoms with Crippen LogP contribution >= 0.6 is 11.3 Å². The van der Waals surface area contributed by atoms with Crippen LogP contribution < -0.4 is 10.2 Å². The van der Waals surface area contributed by atoms with Gasteiger partial charge in [0.1, 0.15) is 5.01 Å². The summed E-state index contributed by atoms with van der Waals surface area (Å²) in [6.45, 7) is 6.54. The maximum atomic E-state index is 13.0. The van der Waals surface area contributed by atoms with Crippen LogP contribution in [-0.4, -0.2) is 86.1 Å². The quantitative estimate of drug-likeness (QED) is 0.403. The first kappa shape index (κ1) is 25.5. The van der Waals surface area contributed by atoms with Gasteiger partial charge in [-0.25, -0.2) is 4.98 Å². The van der Waals surface area contributed by atoms with Gasteiger partial charge < -0.3 is 24.8 Å². The van der Waals surface area contributed by atoms with Crippen LogP contribution in [0.4, 0.5) is 11.4 Å². The highest BCUT2D eigenvalue weighted by Crippen LogP contribution is 2.31. The number of hydrogen-bond donors (Lipinski definition) is 1. The molecule has 0 bridgehead atoms. The second-order valence-electron chi connectivity index (χ2n) is 9.97. The fourth-order valence-electron chi connectivity index (χ4n) is 4.92. The average molecular weight is 542 g/mol. The van der Waals surface area contributed by atoms with Gasteiger partial charge >= 0.3 is 0 Å². The van der Waals surface area contributed by atoms with Crippen LogP contribution in [-0.2, 0) is 4.74 Å². The molecule has 3 heterocycles. The van der Waals surface area contributed by atoms with E-state index in [-0.39, 0.29) is 11.8 Å². The van der Waals surface area contributed by atoms with E-state index in [1.807, 2.05) is 65.6 Å². The van der Waals surface area contributed by atoms with Crippen molar-refractivity contribution in [1.82, 2.24) is 14.8 Å². The largest absolute Gasteiger partial charge is 0.378 e. The molecule has 200 valence electrons. The zero-order chi connectivity index (χ0) is 26.8. The summed E-state index contributed by atoms with van der Waals surface area (Å²) >= 11 is 1.54. The van der Waals surface area contributed by atoms with Gasteiger partial charge in [0.05, 0.1) is 23.4 Å². The van der Waals surface area contributed by atoms with Gasteiger partial charge in [0.25, 0.3) is 11.8 Å². The summed E-state index contributed by atoms with van der Waals surface area (Å²) in [4.78, 5) is 37.0. The minimum absolute atomic E-state index is 0.0744. The smallest absolute Gasteiger partial charge is 0.255 e. The van der Waals surface area contributed by atoms with Crippen molar-refractivity contribution in [2.45, 2.75) is 0 Å². The number of hydrogen-bond acceptors (Lipinski definition) is 7. The first-order valence-electron chi connectivity index (χ1n) is 13.3. The molecule has 0 unspecified atom stereocenters. The molecule has 0 saturated carbocycles. The molecular weight excluding hydrogens is 510 g/mol. The Labute approximate surface area is 231 Å². The average Bonchev–Trinajstić information content (AvgIpc) is 3.42. The number of fused-ring (bicyclic) bond motifs is 1. The maximum absolute atomic E-state index is 13.0. The van der Waals surface area contributed by atoms with Crippen LogP contribution in [0, 0.1) is 0 Å². The zero-order valence-electron chi connectivity index (χ0n) is 21.9. The number of ether oxygens (including phenoxy) is 1. The SMILES string of the molecule is CN1CCN(C(=O)c2ccc(-c3nc4ccc(C(=O)Nc5ccc(N6CCOCC6)cc5)cc4s3)cc2)CC1. The molecule has 0 atom stereocenters. The topological polar surface area (TPSA) is 78.0 Å². The minimum Gasteiger partial charge on any atom is -0.378 e. The fourth-order valence-corrected chi connectivity index (χ4v) is 5.93. The van der Waals surface area contributed by atoms with Crippen LogP contribution in [0.15, 0.2) is 66.7 Å². The Morgan fingerprint density at radius 3 is 2.26 bits per heavy atom. The van der Waals surface area contributed by atoms with Gasteiger partial charge in [0.2, 0.25) is 0 Å². The molecule has 2 saturated heterocycles. The number of piperazine rings is 1. The standard InChI is InChI=1S/C30H31N5O3S/c1-33-12-14-35(15-13-33)30(37)22-4-2-21(3-5-22)29-32-26-11-6-23(20-27(26)39-29)28(36)31-24-7-9-25(10-8-24)34-16-18-38-19-17-34/h2-11,20H,12-19H2,1H3,(H,31,36). The van der Waals surface area contributed by atoms with Crippen LogP contribution in [0.25, 0.3) is 20.8 Å². The predicted molar refractivity (Wildman–Crippen MR) is 156 cm³/mol. The molecule has 4 aromatic rings. The summed E-state index contributed by atoms with van der Waals surface area (Å²) in [6.07, 6.45) is 0. The normalized spacial score (nSPS) is 16.4. The van der Waals surface area contributed by atoms with E-state index in [1.165, 1.54) is 0 Å². The van der Waals surface area contributed by atoms with Gasteiger partial charge in [-0.1, -0.05) is 12.1 Å². The number of carbonyl (C=O) groups excluding carboxylic acids is 2. The monoisotopic (exact) mass is 541 g/mol. The Bertz CT molecular complexity index is 1470. The van der Waals surface area contributed by atoms with Gasteiger partial charge in [-0.3, -0.25) is 9.59 Å². The van der Waals surface area contributed by atoms with Crippen molar-refractivity contribution in [3.05, 3.63) is 77.9 Å². The molecule has 1 N–H and O–H groups in total. The lowest BCUT2D eigenvalue weighted by Crippen LogP contribution is -2.47. The molecular formula is C30H31N5O3S. The van der Waals surface area contributed by atoms with E-state index in [4.69, 9.17) is 9.72 Å². The van der Waals surface area contributed by atoms with Crippen molar-refractivity contribution in [3.63, 3.8) is 0 Å². The van der Waals surface area contributed by atoms with Crippen molar-refractivity contribution in [1.29, 1.82) is 0 Å². The van der Waals surface area contributed by atoms with Gasteiger partial charge in [0.15, 0.2) is 0 Å². The molecule has 0 spiro atoms. The van der Waals surface area contributed by atoms with Gasteiger partial charge in [0, 0.05) is 67.3 Å². The maximum Gasteiger partial charge on any atom is 0.255 e. The number of nitrogens with one attached hydrogen (secondary N) is 1. The van der Waals surface area contributed by atoms with E-state index in [2.05, 4.69) is 22.2 Å². The van der Waals surface area contributed by atoms with E-state index in [1.54, 1.807) is 17.4 Å². The molecule has 39 heavy (non-hydrogen) atoms. The summed E-state index contributed by atoms with van der Waals surface area (Å²) in [6, 6.07) is 21.2. The number of thiazole rings is 1. The number of amides is 2. The van der Waals surface area contributed by atoms with E-state index >= 15 is 0 Å². The highest BCUT2D eigenvalue weighted by Gasteiger charge is 2.20. The summed E-state index contributed by atoms with van der Waals surface area (Å²) in [7, 11) is 2.08. The third-order valence-electron chi connectivity index (χ3n) is 7.32. The fraction of sp³-hybridized carbons (Fsp3) is 0.300. The Hall–Kier alpha value is -3.79. The summed E-state index contributed by atoms with van der Waals surface area (Å²) in [5.41, 5.74) is 4.97. The molecule has 1 aromatic heterocycles. The Morgan fingerprint density at radius 1 is 0.846 bits per heavy atom. The van der Waals surface area contributed by atoms with Crippen LogP contribution in [0.1, 0.15) is 20.7 Å². The van der Waals surface area contributed by atoms with E-state index < -0.39 is 0 Å². The molecule has 2 amide bonds. The molecule has 8 nitrogen and oxygen atoms in total. The Kier molecular flexibility index (Phi) is 7.28. The lowest BCUT2D eigenvalue weighted by atomic mass is 10.1. The molecule has 2 aliphatic rings. The van der Waals surface area contributed by atoms with Crippen molar-refractivity contribution < 1.29 is 14.3 Å². The van der Waals surface area contributed by atoms with Gasteiger partial charge in [-0.2, -0.15) is 0 Å². The summed E-state index contributed by atoms with van der Waals surface area (Å²) in [5.74, 6) is -0.0805. The number of benzene rings is 3. The second kappa shape index (κ2) is 11.1. The first-order valence-corrected chi connectivity index (χ1v) is 14.1.